The van der Waals surface area contributed by atoms with E-state index in [2.05, 4.69) is 9.97 Å². The fourth-order valence-electron chi connectivity index (χ4n) is 4.79. The average Bonchev–Trinajstić information content (AvgIpc) is 3.20. The van der Waals surface area contributed by atoms with Gasteiger partial charge in [0.1, 0.15) is 17.3 Å². The number of pyridine rings is 2. The van der Waals surface area contributed by atoms with E-state index in [1.165, 1.54) is 11.1 Å². The van der Waals surface area contributed by atoms with Crippen LogP contribution < -0.4 is 5.73 Å². The lowest BCUT2D eigenvalue weighted by Crippen LogP contribution is -2.49. The Morgan fingerprint density at radius 3 is 2.69 bits per heavy atom. The molecule has 7 nitrogen and oxygen atoms in total. The molecule has 2 aromatic heterocycles. The summed E-state index contributed by atoms with van der Waals surface area (Å²) in [4.78, 5) is 23.7. The molecule has 0 spiro atoms. The third kappa shape index (κ3) is 3.98. The molecule has 0 radical (unpaired) electrons. The number of hydrogen-bond acceptors (Lipinski definition) is 6. The van der Waals surface area contributed by atoms with Gasteiger partial charge in [-0.2, -0.15) is 13.2 Å². The zero-order chi connectivity index (χ0) is 25.1. The molecule has 0 bridgehead atoms. The highest BCUT2D eigenvalue weighted by molar-refractivity contribution is 5.97. The van der Waals surface area contributed by atoms with E-state index in [0.717, 1.165) is 23.3 Å². The van der Waals surface area contributed by atoms with Gasteiger partial charge in [-0.1, -0.05) is 6.07 Å². The van der Waals surface area contributed by atoms with Gasteiger partial charge in [0, 0.05) is 16.5 Å². The van der Waals surface area contributed by atoms with Gasteiger partial charge in [-0.25, -0.2) is 14.4 Å². The van der Waals surface area contributed by atoms with Crippen molar-refractivity contribution in [3.63, 3.8) is 0 Å². The molecule has 3 aromatic rings. The van der Waals surface area contributed by atoms with E-state index in [4.69, 9.17) is 15.2 Å². The molecule has 0 saturated carbocycles. The number of hydrogen-bond donors (Lipinski definition) is 1. The molecule has 4 heterocycles. The molecule has 0 aliphatic carbocycles. The quantitative estimate of drug-likeness (QED) is 0.530. The maximum Gasteiger partial charge on any atom is 0.416 e. The van der Waals surface area contributed by atoms with Crippen molar-refractivity contribution in [2.75, 3.05) is 18.9 Å². The van der Waals surface area contributed by atoms with Crippen molar-refractivity contribution in [1.82, 2.24) is 14.9 Å². The van der Waals surface area contributed by atoms with Crippen LogP contribution in [-0.4, -0.2) is 40.0 Å². The Labute approximate surface area is 197 Å². The molecule has 2 aliphatic rings. The number of aromatic nitrogens is 2. The van der Waals surface area contributed by atoms with Crippen LogP contribution >= 0.6 is 0 Å². The maximum atomic E-state index is 14.8. The number of amides is 1. The molecule has 1 saturated heterocycles. The summed E-state index contributed by atoms with van der Waals surface area (Å²) in [6.07, 6.45) is -3.47. The van der Waals surface area contributed by atoms with Gasteiger partial charge in [0.05, 0.1) is 55.3 Å². The van der Waals surface area contributed by atoms with Crippen LogP contribution in [0.3, 0.4) is 0 Å². The second-order valence-corrected chi connectivity index (χ2v) is 8.78. The minimum atomic E-state index is -4.68. The minimum absolute atomic E-state index is 0.0590. The van der Waals surface area contributed by atoms with Crippen LogP contribution in [0.15, 0.2) is 30.5 Å². The Kier molecular flexibility index (Phi) is 5.64. The molecule has 0 unspecified atom stereocenters. The van der Waals surface area contributed by atoms with E-state index in [0.29, 0.717) is 29.4 Å². The Balaban J connectivity index is 1.55. The normalized spacial score (nSPS) is 22.5. The second-order valence-electron chi connectivity index (χ2n) is 8.78. The smallest absolute Gasteiger partial charge is 0.383 e. The highest BCUT2D eigenvalue weighted by Crippen LogP contribution is 2.39. The number of rotatable bonds is 2. The van der Waals surface area contributed by atoms with E-state index in [1.807, 2.05) is 6.92 Å². The van der Waals surface area contributed by atoms with Crippen LogP contribution in [-0.2, 0) is 22.3 Å². The summed E-state index contributed by atoms with van der Waals surface area (Å²) in [7, 11) is 0. The Hall–Kier alpha value is -3.31. The van der Waals surface area contributed by atoms with Gasteiger partial charge >= 0.3 is 6.18 Å². The molecular weight excluding hydrogens is 468 g/mol. The number of carbonyl (C=O) groups excluding carboxylic acids is 1. The lowest BCUT2D eigenvalue weighted by atomic mass is 9.99. The number of nitrogens with two attached hydrogens (primary N) is 1. The average molecular weight is 490 g/mol. The van der Waals surface area contributed by atoms with Crippen molar-refractivity contribution < 1.29 is 31.8 Å². The van der Waals surface area contributed by atoms with Crippen molar-refractivity contribution in [3.05, 3.63) is 64.2 Å². The topological polar surface area (TPSA) is 90.6 Å². The summed E-state index contributed by atoms with van der Waals surface area (Å²) in [5, 5.41) is 0.676. The van der Waals surface area contributed by atoms with E-state index >= 15 is 0 Å². The SMILES string of the molecule is C[C@@H]1OCc2c1c(N)nc1cnc(C(=O)N3[C@H](C)COC[C@@H]3c3ccc(C(F)(F)F)cc3F)cc21. The monoisotopic (exact) mass is 490 g/mol. The lowest BCUT2D eigenvalue weighted by molar-refractivity contribution is -0.137. The highest BCUT2D eigenvalue weighted by Gasteiger charge is 2.38. The summed E-state index contributed by atoms with van der Waals surface area (Å²) in [5.74, 6) is -1.21. The Morgan fingerprint density at radius 1 is 1.20 bits per heavy atom. The molecule has 1 aromatic carbocycles. The van der Waals surface area contributed by atoms with E-state index in [-0.39, 0.29) is 30.6 Å². The number of nitrogens with zero attached hydrogens (tertiary/aromatic N) is 3. The van der Waals surface area contributed by atoms with Crippen molar-refractivity contribution in [2.24, 2.45) is 0 Å². The van der Waals surface area contributed by atoms with Crippen molar-refractivity contribution in [1.29, 1.82) is 0 Å². The summed E-state index contributed by atoms with van der Waals surface area (Å²) < 4.78 is 65.1. The summed E-state index contributed by atoms with van der Waals surface area (Å²) in [6.45, 7) is 4.02. The predicted molar refractivity (Wildman–Crippen MR) is 118 cm³/mol. The fraction of sp³-hybridized carbons (Fsp3) is 0.375. The Bertz CT molecular complexity index is 1330. The number of ether oxygens (including phenoxy) is 2. The number of alkyl halides is 3. The number of benzene rings is 1. The number of fused-ring (bicyclic) bond motifs is 3. The predicted octanol–water partition coefficient (Wildman–Crippen LogP) is 4.56. The number of anilines is 1. The van der Waals surface area contributed by atoms with Crippen LogP contribution in [0.2, 0.25) is 0 Å². The van der Waals surface area contributed by atoms with Gasteiger partial charge in [-0.15, -0.1) is 0 Å². The number of halogens is 4. The molecule has 2 N–H and O–H groups in total. The molecule has 2 aliphatic heterocycles. The molecular formula is C24H22F4N4O3. The molecule has 1 amide bonds. The van der Waals surface area contributed by atoms with Crippen molar-refractivity contribution in [2.45, 2.75) is 44.8 Å². The molecule has 5 rings (SSSR count). The van der Waals surface area contributed by atoms with Gasteiger partial charge in [-0.05, 0) is 37.6 Å². The molecule has 184 valence electrons. The number of carbonyl (C=O) groups is 1. The second kappa shape index (κ2) is 8.42. The van der Waals surface area contributed by atoms with Gasteiger partial charge in [0.25, 0.3) is 5.91 Å². The minimum Gasteiger partial charge on any atom is -0.383 e. The zero-order valence-corrected chi connectivity index (χ0v) is 18.9. The molecule has 3 atom stereocenters. The standard InChI is InChI=1S/C24H22F4N4O3/c1-11-8-34-10-20(14-4-3-13(5-17(14)25)24(26,27)28)32(11)23(33)18-6-15-16-9-35-12(2)21(16)22(29)31-19(15)7-30-18/h3-7,11-12,20H,8-10H2,1-2H3,(H2,29,31)/t11-,12+,20-/m1/s1. The Morgan fingerprint density at radius 2 is 1.97 bits per heavy atom. The fourth-order valence-corrected chi connectivity index (χ4v) is 4.79. The lowest BCUT2D eigenvalue weighted by Gasteiger charge is -2.40. The number of nitrogen functional groups attached to an aromatic ring is 1. The van der Waals surface area contributed by atoms with Gasteiger partial charge < -0.3 is 20.1 Å². The highest BCUT2D eigenvalue weighted by atomic mass is 19.4. The third-order valence-electron chi connectivity index (χ3n) is 6.52. The van der Waals surface area contributed by atoms with Crippen LogP contribution in [0.25, 0.3) is 10.9 Å². The van der Waals surface area contributed by atoms with Crippen LogP contribution in [0.5, 0.6) is 0 Å². The van der Waals surface area contributed by atoms with Crippen LogP contribution in [0.4, 0.5) is 23.4 Å². The van der Waals surface area contributed by atoms with Gasteiger partial charge in [0.2, 0.25) is 0 Å². The molecule has 35 heavy (non-hydrogen) atoms. The summed E-state index contributed by atoms with van der Waals surface area (Å²) in [5.41, 5.74) is 7.13. The molecule has 11 heteroatoms. The first kappa shape index (κ1) is 23.4. The maximum absolute atomic E-state index is 14.8. The van der Waals surface area contributed by atoms with Crippen molar-refractivity contribution in [3.8, 4) is 0 Å². The van der Waals surface area contributed by atoms with Crippen LogP contribution in [0.1, 0.15) is 58.7 Å². The number of morpholine rings is 1. The largest absolute Gasteiger partial charge is 0.416 e. The van der Waals surface area contributed by atoms with Gasteiger partial charge in [0.15, 0.2) is 0 Å². The first-order chi connectivity index (χ1) is 16.6. The summed E-state index contributed by atoms with van der Waals surface area (Å²) >= 11 is 0. The van der Waals surface area contributed by atoms with E-state index in [9.17, 15) is 22.4 Å². The first-order valence-corrected chi connectivity index (χ1v) is 11.0. The first-order valence-electron chi connectivity index (χ1n) is 11.0. The van der Waals surface area contributed by atoms with E-state index < -0.39 is 35.5 Å². The van der Waals surface area contributed by atoms with Crippen LogP contribution in [0, 0.1) is 5.82 Å². The van der Waals surface area contributed by atoms with E-state index in [1.54, 1.807) is 13.0 Å². The van der Waals surface area contributed by atoms with Crippen molar-refractivity contribution >= 4 is 22.6 Å². The van der Waals surface area contributed by atoms with Gasteiger partial charge in [-0.3, -0.25) is 4.79 Å². The third-order valence-corrected chi connectivity index (χ3v) is 6.52. The molecule has 1 fully saturated rings. The zero-order valence-electron chi connectivity index (χ0n) is 18.9. The summed E-state index contributed by atoms with van der Waals surface area (Å²) in [6, 6.07) is 2.49.